The number of anilines is 2. The number of nitrogens with zero attached hydrogens (tertiary/aromatic N) is 4. The van der Waals surface area contributed by atoms with E-state index in [1.54, 1.807) is 0 Å². The molecule has 0 bridgehead atoms. The summed E-state index contributed by atoms with van der Waals surface area (Å²) in [6.45, 7) is 6.26. The van der Waals surface area contributed by atoms with Crippen LogP contribution in [0.4, 0.5) is 43.9 Å². The van der Waals surface area contributed by atoms with Crippen LogP contribution in [0.1, 0.15) is 33.1 Å². The van der Waals surface area contributed by atoms with Gasteiger partial charge in [-0.1, -0.05) is 18.2 Å². The highest BCUT2D eigenvalue weighted by Crippen LogP contribution is 2.49. The van der Waals surface area contributed by atoms with Crippen LogP contribution in [0.25, 0.3) is 15.7 Å². The fraction of sp³-hybridized carbons (Fsp3) is 0.185. The Morgan fingerprint density at radius 3 is 2.60 bits per heavy atom. The summed E-state index contributed by atoms with van der Waals surface area (Å²) in [6, 6.07) is 4.76. The highest BCUT2D eigenvalue weighted by molar-refractivity contribution is 6.31. The fourth-order valence-electron chi connectivity index (χ4n) is 5.42. The van der Waals surface area contributed by atoms with E-state index in [0.29, 0.717) is 11.0 Å². The largest absolute Gasteiger partial charge is 0.423 e. The van der Waals surface area contributed by atoms with Gasteiger partial charge >= 0.3 is 12.2 Å². The molecule has 2 aliphatic heterocycles. The summed E-state index contributed by atoms with van der Waals surface area (Å²) < 4.78 is 71.3. The minimum atomic E-state index is -5.26. The molecule has 0 spiro atoms. The van der Waals surface area contributed by atoms with Gasteiger partial charge in [0.15, 0.2) is 0 Å². The first-order valence-electron chi connectivity index (χ1n) is 12.1. The number of benzene rings is 3. The summed E-state index contributed by atoms with van der Waals surface area (Å²) in [5.41, 5.74) is -4.70. The van der Waals surface area contributed by atoms with Gasteiger partial charge in [0.25, 0.3) is 11.7 Å². The van der Waals surface area contributed by atoms with Gasteiger partial charge in [-0.15, -0.1) is 5.10 Å². The lowest BCUT2D eigenvalue weighted by Crippen LogP contribution is -2.48. The Morgan fingerprint density at radius 1 is 1.21 bits per heavy atom. The molecule has 3 heterocycles. The van der Waals surface area contributed by atoms with E-state index in [4.69, 9.17) is 18.2 Å². The molecule has 9 nitrogen and oxygen atoms in total. The summed E-state index contributed by atoms with van der Waals surface area (Å²) in [6.07, 6.45) is -5.26. The van der Waals surface area contributed by atoms with Crippen LogP contribution in [0.5, 0.6) is 0 Å². The number of alkyl halides is 3. The number of aryl methyl sites for hydroxylation is 1. The molecule has 0 saturated heterocycles. The number of hydrogen-bond acceptors (Lipinski definition) is 4. The highest BCUT2D eigenvalue weighted by Gasteiger charge is 2.61. The second-order valence-corrected chi connectivity index (χ2v) is 10.2. The molecule has 3 N–H and O–H groups in total. The molecular formula is C27H16ClF5N6O3. The van der Waals surface area contributed by atoms with Gasteiger partial charge in [-0.3, -0.25) is 9.69 Å². The van der Waals surface area contributed by atoms with Crippen LogP contribution in [-0.4, -0.2) is 39.5 Å². The molecule has 214 valence electrons. The third-order valence-electron chi connectivity index (χ3n) is 7.34. The molecule has 6 rings (SSSR count). The lowest BCUT2D eigenvalue weighted by Gasteiger charge is -2.27. The van der Waals surface area contributed by atoms with Gasteiger partial charge in [0.1, 0.15) is 17.2 Å². The number of aromatic nitrogens is 2. The lowest BCUT2D eigenvalue weighted by atomic mass is 9.94. The predicted octanol–water partition coefficient (Wildman–Crippen LogP) is 5.69. The van der Waals surface area contributed by atoms with Crippen molar-refractivity contribution < 1.29 is 36.6 Å². The molecular weight excluding hydrogens is 587 g/mol. The van der Waals surface area contributed by atoms with E-state index in [1.807, 2.05) is 0 Å². The number of aliphatic hydroxyl groups is 1. The third-order valence-corrected chi connectivity index (χ3v) is 7.69. The van der Waals surface area contributed by atoms with Gasteiger partial charge in [0, 0.05) is 32.8 Å². The Bertz CT molecular complexity index is 1900. The number of rotatable bonds is 2. The van der Waals surface area contributed by atoms with Crippen LogP contribution in [-0.2, 0) is 12.6 Å². The van der Waals surface area contributed by atoms with Gasteiger partial charge in [-0.25, -0.2) is 13.6 Å². The van der Waals surface area contributed by atoms with Crippen LogP contribution < -0.4 is 15.5 Å². The van der Waals surface area contributed by atoms with E-state index in [1.165, 1.54) is 23.9 Å². The number of nitrogens with one attached hydrogen (secondary N) is 2. The van der Waals surface area contributed by atoms with E-state index in [-0.39, 0.29) is 44.1 Å². The van der Waals surface area contributed by atoms with Crippen molar-refractivity contribution in [3.8, 4) is 0 Å². The molecule has 0 fully saturated rings. The third kappa shape index (κ3) is 3.88. The monoisotopic (exact) mass is 602 g/mol. The fourth-order valence-corrected chi connectivity index (χ4v) is 5.65. The van der Waals surface area contributed by atoms with Crippen molar-refractivity contribution in [1.29, 1.82) is 0 Å². The lowest BCUT2D eigenvalue weighted by molar-refractivity contribution is -0.258. The maximum Gasteiger partial charge on any atom is 0.423 e. The number of carbonyl (C=O) groups is 2. The Kier molecular flexibility index (Phi) is 5.96. The number of urea groups is 1. The SMILES string of the molecule is [C-]#[N+]c1c2cc(NC(=O)N3C[C@@](O)(C(F)(F)F)c4cc(F)ccc43)c3c(c2nn1C)C(=O)N[C@@H]3c1cc(F)ccc1Cl. The topological polar surface area (TPSA) is 104 Å². The first-order valence-corrected chi connectivity index (χ1v) is 12.5. The number of fused-ring (bicyclic) bond motifs is 4. The van der Waals surface area contributed by atoms with Crippen molar-refractivity contribution in [3.05, 3.63) is 92.8 Å². The average molecular weight is 603 g/mol. The van der Waals surface area contributed by atoms with Crippen molar-refractivity contribution in [2.45, 2.75) is 17.8 Å². The van der Waals surface area contributed by atoms with Crippen LogP contribution in [0.3, 0.4) is 0 Å². The first kappa shape index (κ1) is 27.4. The second-order valence-electron chi connectivity index (χ2n) is 9.78. The minimum absolute atomic E-state index is 0.00298. The van der Waals surface area contributed by atoms with E-state index in [0.717, 1.165) is 24.3 Å². The van der Waals surface area contributed by atoms with Crippen molar-refractivity contribution in [1.82, 2.24) is 15.1 Å². The predicted molar refractivity (Wildman–Crippen MR) is 140 cm³/mol. The smallest absolute Gasteiger partial charge is 0.375 e. The maximum absolute atomic E-state index is 14.2. The maximum atomic E-state index is 14.2. The Labute approximate surface area is 237 Å². The summed E-state index contributed by atoms with van der Waals surface area (Å²) in [5.74, 6) is -2.41. The molecule has 42 heavy (non-hydrogen) atoms. The summed E-state index contributed by atoms with van der Waals surface area (Å²) in [7, 11) is 1.46. The summed E-state index contributed by atoms with van der Waals surface area (Å²) in [4.78, 5) is 30.9. The van der Waals surface area contributed by atoms with E-state index >= 15 is 0 Å². The van der Waals surface area contributed by atoms with Gasteiger partial charge in [-0.2, -0.15) is 17.9 Å². The molecule has 0 aliphatic carbocycles. The molecule has 3 aromatic carbocycles. The molecule has 3 amide bonds. The molecule has 15 heteroatoms. The first-order chi connectivity index (χ1) is 19.7. The molecule has 4 aromatic rings. The minimum Gasteiger partial charge on any atom is -0.375 e. The van der Waals surface area contributed by atoms with Gasteiger partial charge < -0.3 is 20.6 Å². The van der Waals surface area contributed by atoms with E-state index in [9.17, 15) is 36.6 Å². The molecule has 1 aromatic heterocycles. The van der Waals surface area contributed by atoms with Crippen molar-refractivity contribution in [2.24, 2.45) is 7.05 Å². The van der Waals surface area contributed by atoms with E-state index in [2.05, 4.69) is 20.6 Å². The Hall–Kier alpha value is -4.74. The zero-order valence-corrected chi connectivity index (χ0v) is 21.9. The molecule has 2 atom stereocenters. The number of hydrogen-bond donors (Lipinski definition) is 3. The second kappa shape index (κ2) is 9.13. The average Bonchev–Trinajstić information content (AvgIpc) is 3.54. The number of β-amino-alcohol motifs (C(OH)–C–C–N with tert-alkyl or cyclic N) is 1. The van der Waals surface area contributed by atoms with Crippen LogP contribution >= 0.6 is 11.6 Å². The number of amides is 3. The Morgan fingerprint density at radius 2 is 1.90 bits per heavy atom. The number of carbonyl (C=O) groups excluding carboxylic acids is 2. The summed E-state index contributed by atoms with van der Waals surface area (Å²) in [5, 5.41) is 20.2. The summed E-state index contributed by atoms with van der Waals surface area (Å²) >= 11 is 6.33. The van der Waals surface area contributed by atoms with E-state index < -0.39 is 59.2 Å². The van der Waals surface area contributed by atoms with Crippen molar-refractivity contribution in [3.63, 3.8) is 0 Å². The van der Waals surface area contributed by atoms with Crippen molar-refractivity contribution in [2.75, 3.05) is 16.8 Å². The number of halogens is 6. The van der Waals surface area contributed by atoms with Crippen molar-refractivity contribution >= 4 is 51.6 Å². The van der Waals surface area contributed by atoms with Gasteiger partial charge in [0.2, 0.25) is 5.60 Å². The standard InChI is InChI=1S/C27H16ClF5N6O3/c1-34-23-14-9-17(35-25(41)39-10-26(42,27(31,32)33)15-8-12(30)4-6-18(15)39)19-20(22(14)37-38(23)2)24(40)36-21(19)13-7-11(29)3-5-16(13)28/h3-9,21,42H,10H2,2H3,(H,35,41)(H,36,40)/t21-,26+/m1/s1. The van der Waals surface area contributed by atoms with Gasteiger partial charge in [-0.05, 0) is 42.5 Å². The van der Waals surface area contributed by atoms with Crippen LogP contribution in [0, 0.1) is 18.2 Å². The zero-order chi connectivity index (χ0) is 30.3. The normalized spacial score (nSPS) is 19.5. The molecule has 2 aliphatic rings. The van der Waals surface area contributed by atoms with Crippen LogP contribution in [0.15, 0.2) is 42.5 Å². The molecule has 0 unspecified atom stereocenters. The zero-order valence-electron chi connectivity index (χ0n) is 21.1. The quantitative estimate of drug-likeness (QED) is 0.203. The Balaban J connectivity index is 1.52. The highest BCUT2D eigenvalue weighted by atomic mass is 35.5. The molecule has 0 saturated carbocycles. The van der Waals surface area contributed by atoms with Gasteiger partial charge in [0.05, 0.1) is 30.9 Å². The van der Waals surface area contributed by atoms with Crippen LogP contribution in [0.2, 0.25) is 5.02 Å². The molecule has 0 radical (unpaired) electrons.